The lowest BCUT2D eigenvalue weighted by Crippen LogP contribution is -2.26. The number of carbonyl (C=O) groups excluding carboxylic acids is 1. The molecule has 3 heterocycles. The van der Waals surface area contributed by atoms with Gasteiger partial charge in [0.15, 0.2) is 0 Å². The summed E-state index contributed by atoms with van der Waals surface area (Å²) in [6.07, 6.45) is 0.440. The maximum Gasteiger partial charge on any atom is 0.254 e. The molecule has 1 N–H and O–H groups in total. The third kappa shape index (κ3) is 3.28. The summed E-state index contributed by atoms with van der Waals surface area (Å²) in [5.41, 5.74) is 3.02. The number of rotatable bonds is 4. The van der Waals surface area contributed by atoms with E-state index in [1.807, 2.05) is 42.8 Å². The molecule has 4 rings (SSSR count). The van der Waals surface area contributed by atoms with Crippen molar-refractivity contribution < 1.29 is 14.4 Å². The van der Waals surface area contributed by atoms with Crippen LogP contribution in [0.4, 0.5) is 5.95 Å². The molecule has 0 saturated carbocycles. The standard InChI is InChI=1S/C19H23N5O3/c1-12-8-14(21-27-12)10-22(2)18(26)13-4-5-17-16(9-13)20-19(23(17)3)24-7-6-15(25)11-24/h4-5,8-9,15,25H,6-7,10-11H2,1-3H3/t15-/m0/s1. The van der Waals surface area contributed by atoms with Crippen LogP contribution in [0.25, 0.3) is 11.0 Å². The Morgan fingerprint density at radius 3 is 2.89 bits per heavy atom. The molecule has 1 aromatic carbocycles. The van der Waals surface area contributed by atoms with Crippen LogP contribution in [-0.2, 0) is 13.6 Å². The van der Waals surface area contributed by atoms with Crippen LogP contribution < -0.4 is 4.90 Å². The molecular formula is C19H23N5O3. The molecule has 3 aromatic rings. The fourth-order valence-corrected chi connectivity index (χ4v) is 3.55. The van der Waals surface area contributed by atoms with Gasteiger partial charge < -0.3 is 24.0 Å². The Hall–Kier alpha value is -2.87. The van der Waals surface area contributed by atoms with Gasteiger partial charge >= 0.3 is 0 Å². The van der Waals surface area contributed by atoms with Gasteiger partial charge in [0.05, 0.1) is 23.7 Å². The Labute approximate surface area is 157 Å². The molecule has 8 nitrogen and oxygen atoms in total. The molecule has 1 atom stereocenters. The maximum absolute atomic E-state index is 12.8. The van der Waals surface area contributed by atoms with Crippen LogP contribution >= 0.6 is 0 Å². The van der Waals surface area contributed by atoms with Crippen molar-refractivity contribution in [2.75, 3.05) is 25.0 Å². The Balaban J connectivity index is 1.58. The van der Waals surface area contributed by atoms with Crippen molar-refractivity contribution in [2.45, 2.75) is 26.0 Å². The van der Waals surface area contributed by atoms with Crippen LogP contribution in [0.2, 0.25) is 0 Å². The van der Waals surface area contributed by atoms with Crippen LogP contribution in [0.15, 0.2) is 28.8 Å². The Morgan fingerprint density at radius 1 is 1.41 bits per heavy atom. The van der Waals surface area contributed by atoms with E-state index in [9.17, 15) is 9.90 Å². The van der Waals surface area contributed by atoms with E-state index in [4.69, 9.17) is 9.51 Å². The highest BCUT2D eigenvalue weighted by Crippen LogP contribution is 2.25. The minimum absolute atomic E-state index is 0.0960. The van der Waals surface area contributed by atoms with Crippen molar-refractivity contribution in [2.24, 2.45) is 7.05 Å². The number of aryl methyl sites for hydroxylation is 2. The van der Waals surface area contributed by atoms with Gasteiger partial charge in [-0.1, -0.05) is 5.16 Å². The number of aliphatic hydroxyl groups is 1. The van der Waals surface area contributed by atoms with Crippen molar-refractivity contribution in [3.8, 4) is 0 Å². The lowest BCUT2D eigenvalue weighted by atomic mass is 10.1. The Kier molecular flexibility index (Phi) is 4.35. The number of carbonyl (C=O) groups is 1. The van der Waals surface area contributed by atoms with Crippen molar-refractivity contribution in [3.63, 3.8) is 0 Å². The molecule has 0 aliphatic carbocycles. The first-order valence-corrected chi connectivity index (χ1v) is 8.99. The zero-order chi connectivity index (χ0) is 19.1. The van der Waals surface area contributed by atoms with Gasteiger partial charge in [-0.2, -0.15) is 0 Å². The van der Waals surface area contributed by atoms with E-state index in [2.05, 4.69) is 10.1 Å². The lowest BCUT2D eigenvalue weighted by molar-refractivity contribution is 0.0782. The third-order valence-electron chi connectivity index (χ3n) is 4.97. The second kappa shape index (κ2) is 6.70. The number of aliphatic hydroxyl groups excluding tert-OH is 1. The monoisotopic (exact) mass is 369 g/mol. The minimum Gasteiger partial charge on any atom is -0.391 e. The van der Waals surface area contributed by atoms with E-state index in [0.717, 1.165) is 41.4 Å². The van der Waals surface area contributed by atoms with Crippen LogP contribution in [0, 0.1) is 6.92 Å². The minimum atomic E-state index is -0.309. The molecule has 2 aromatic heterocycles. The van der Waals surface area contributed by atoms with Gasteiger partial charge in [-0.05, 0) is 31.5 Å². The average molecular weight is 369 g/mol. The first-order valence-electron chi connectivity index (χ1n) is 8.99. The van der Waals surface area contributed by atoms with E-state index in [1.165, 1.54) is 0 Å². The van der Waals surface area contributed by atoms with Crippen LogP contribution in [-0.4, -0.2) is 56.9 Å². The fraction of sp³-hybridized carbons (Fsp3) is 0.421. The molecule has 1 fully saturated rings. The summed E-state index contributed by atoms with van der Waals surface area (Å²) in [6.45, 7) is 3.57. The third-order valence-corrected chi connectivity index (χ3v) is 4.97. The van der Waals surface area contributed by atoms with Gasteiger partial charge in [0.25, 0.3) is 5.91 Å². The number of amides is 1. The molecule has 1 aliphatic rings. The van der Waals surface area contributed by atoms with Crippen molar-refractivity contribution >= 4 is 22.9 Å². The first kappa shape index (κ1) is 17.5. The number of hydrogen-bond acceptors (Lipinski definition) is 6. The largest absolute Gasteiger partial charge is 0.391 e. The summed E-state index contributed by atoms with van der Waals surface area (Å²) in [6, 6.07) is 7.37. The summed E-state index contributed by atoms with van der Waals surface area (Å²) in [5, 5.41) is 13.7. The topological polar surface area (TPSA) is 87.6 Å². The predicted octanol–water partition coefficient (Wildman–Crippen LogP) is 1.71. The van der Waals surface area contributed by atoms with E-state index < -0.39 is 0 Å². The summed E-state index contributed by atoms with van der Waals surface area (Å²) >= 11 is 0. The number of hydrogen-bond donors (Lipinski definition) is 1. The van der Waals surface area contributed by atoms with Gasteiger partial charge in [-0.3, -0.25) is 4.79 Å². The van der Waals surface area contributed by atoms with Gasteiger partial charge in [-0.25, -0.2) is 4.98 Å². The van der Waals surface area contributed by atoms with E-state index >= 15 is 0 Å². The summed E-state index contributed by atoms with van der Waals surface area (Å²) in [4.78, 5) is 21.2. The van der Waals surface area contributed by atoms with Crippen LogP contribution in [0.3, 0.4) is 0 Å². The SMILES string of the molecule is Cc1cc(CN(C)C(=O)c2ccc3c(c2)nc(N2CC[C@H](O)C2)n3C)no1. The number of nitrogens with zero attached hydrogens (tertiary/aromatic N) is 5. The lowest BCUT2D eigenvalue weighted by Gasteiger charge is -2.16. The number of benzene rings is 1. The van der Waals surface area contributed by atoms with E-state index in [1.54, 1.807) is 11.9 Å². The Bertz CT molecular complexity index is 993. The second-order valence-corrected chi connectivity index (χ2v) is 7.15. The highest BCUT2D eigenvalue weighted by Gasteiger charge is 2.24. The predicted molar refractivity (Wildman–Crippen MR) is 101 cm³/mol. The Morgan fingerprint density at radius 2 is 2.22 bits per heavy atom. The van der Waals surface area contributed by atoms with Gasteiger partial charge in [0.1, 0.15) is 11.5 Å². The zero-order valence-electron chi connectivity index (χ0n) is 15.7. The number of fused-ring (bicyclic) bond motifs is 1. The number of β-amino-alcohol motifs (C(OH)–C–C–N with tert-alkyl or cyclic N) is 1. The molecule has 1 amide bonds. The molecule has 0 bridgehead atoms. The van der Waals surface area contributed by atoms with E-state index in [-0.39, 0.29) is 12.0 Å². The van der Waals surface area contributed by atoms with Gasteiger partial charge in [-0.15, -0.1) is 0 Å². The molecular weight excluding hydrogens is 346 g/mol. The molecule has 1 aliphatic heterocycles. The molecule has 0 radical (unpaired) electrons. The van der Waals surface area contributed by atoms with Crippen molar-refractivity contribution in [1.82, 2.24) is 19.6 Å². The molecule has 0 spiro atoms. The fourth-order valence-electron chi connectivity index (χ4n) is 3.55. The highest BCUT2D eigenvalue weighted by molar-refractivity contribution is 5.97. The molecule has 1 saturated heterocycles. The maximum atomic E-state index is 12.8. The summed E-state index contributed by atoms with van der Waals surface area (Å²) < 4.78 is 7.06. The smallest absolute Gasteiger partial charge is 0.254 e. The van der Waals surface area contributed by atoms with Gasteiger partial charge in [0.2, 0.25) is 5.95 Å². The molecule has 27 heavy (non-hydrogen) atoms. The molecule has 0 unspecified atom stereocenters. The second-order valence-electron chi connectivity index (χ2n) is 7.15. The molecule has 142 valence electrons. The summed E-state index contributed by atoms with van der Waals surface area (Å²) in [5.74, 6) is 1.44. The average Bonchev–Trinajstić information content (AvgIpc) is 3.33. The van der Waals surface area contributed by atoms with Gasteiger partial charge in [0, 0.05) is 38.8 Å². The van der Waals surface area contributed by atoms with Crippen molar-refractivity contribution in [3.05, 3.63) is 41.3 Å². The zero-order valence-corrected chi connectivity index (χ0v) is 15.7. The highest BCUT2D eigenvalue weighted by atomic mass is 16.5. The number of imidazole rings is 1. The van der Waals surface area contributed by atoms with E-state index in [0.29, 0.717) is 18.7 Å². The normalized spacial score (nSPS) is 17.0. The number of anilines is 1. The quantitative estimate of drug-likeness (QED) is 0.753. The van der Waals surface area contributed by atoms with Crippen LogP contribution in [0.5, 0.6) is 0 Å². The molecule has 8 heteroatoms. The van der Waals surface area contributed by atoms with Crippen LogP contribution in [0.1, 0.15) is 28.2 Å². The summed E-state index contributed by atoms with van der Waals surface area (Å²) in [7, 11) is 3.70. The number of aromatic nitrogens is 3. The first-order chi connectivity index (χ1) is 12.9. The van der Waals surface area contributed by atoms with Crippen molar-refractivity contribution in [1.29, 1.82) is 0 Å².